The van der Waals surface area contributed by atoms with E-state index in [1.807, 2.05) is 49.9 Å². The molecule has 1 aliphatic heterocycles. The number of piperazine rings is 1. The number of carbonyl (C=O) groups is 1. The van der Waals surface area contributed by atoms with Crippen molar-refractivity contribution in [3.8, 4) is 5.75 Å². The number of amides is 1. The Morgan fingerprint density at radius 1 is 1.16 bits per heavy atom. The Bertz CT molecular complexity index is 767. The molecule has 1 amide bonds. The van der Waals surface area contributed by atoms with Crippen LogP contribution >= 0.6 is 0 Å². The highest BCUT2D eigenvalue weighted by Crippen LogP contribution is 2.34. The van der Waals surface area contributed by atoms with Crippen molar-refractivity contribution >= 4 is 16.9 Å². The lowest BCUT2D eigenvalue weighted by Gasteiger charge is -2.38. The number of nitrogens with one attached hydrogen (secondary N) is 1. The summed E-state index contributed by atoms with van der Waals surface area (Å²) in [7, 11) is 1.68. The van der Waals surface area contributed by atoms with Crippen molar-refractivity contribution in [1.29, 1.82) is 0 Å². The van der Waals surface area contributed by atoms with Crippen LogP contribution in [-0.2, 0) is 4.74 Å². The van der Waals surface area contributed by atoms with E-state index in [1.54, 1.807) is 7.11 Å². The Morgan fingerprint density at radius 3 is 2.56 bits per heavy atom. The molecule has 1 fully saturated rings. The maximum absolute atomic E-state index is 12.7. The molecule has 1 unspecified atom stereocenters. The molecule has 1 saturated heterocycles. The van der Waals surface area contributed by atoms with E-state index in [9.17, 15) is 4.79 Å². The van der Waals surface area contributed by atoms with Gasteiger partial charge in [-0.1, -0.05) is 30.3 Å². The fourth-order valence-corrected chi connectivity index (χ4v) is 3.28. The fraction of sp³-hybridized carbons (Fsp3) is 0.450. The van der Waals surface area contributed by atoms with Gasteiger partial charge in [0, 0.05) is 25.0 Å². The highest BCUT2D eigenvalue weighted by Gasteiger charge is 2.32. The number of ether oxygens (including phenoxy) is 2. The van der Waals surface area contributed by atoms with Gasteiger partial charge in [0.05, 0.1) is 13.2 Å². The molecule has 0 bridgehead atoms. The summed E-state index contributed by atoms with van der Waals surface area (Å²) in [6.45, 7) is 7.78. The van der Waals surface area contributed by atoms with E-state index in [4.69, 9.17) is 9.47 Å². The van der Waals surface area contributed by atoms with Crippen molar-refractivity contribution in [1.82, 2.24) is 10.2 Å². The topological polar surface area (TPSA) is 50.8 Å². The molecule has 5 nitrogen and oxygen atoms in total. The summed E-state index contributed by atoms with van der Waals surface area (Å²) < 4.78 is 11.1. The lowest BCUT2D eigenvalue weighted by atomic mass is 9.96. The van der Waals surface area contributed by atoms with Gasteiger partial charge in [0.1, 0.15) is 11.4 Å². The average Bonchev–Trinajstić information content (AvgIpc) is 2.59. The molecule has 0 radical (unpaired) electrons. The smallest absolute Gasteiger partial charge is 0.410 e. The highest BCUT2D eigenvalue weighted by atomic mass is 16.6. The third-order valence-electron chi connectivity index (χ3n) is 4.37. The monoisotopic (exact) mass is 342 g/mol. The lowest BCUT2D eigenvalue weighted by Crippen LogP contribution is -2.50. The summed E-state index contributed by atoms with van der Waals surface area (Å²) in [6, 6.07) is 12.1. The first-order chi connectivity index (χ1) is 11.9. The number of methoxy groups -OCH3 is 1. The van der Waals surface area contributed by atoms with Crippen LogP contribution in [0.2, 0.25) is 0 Å². The quantitative estimate of drug-likeness (QED) is 0.903. The van der Waals surface area contributed by atoms with E-state index in [-0.39, 0.29) is 12.1 Å². The predicted molar refractivity (Wildman–Crippen MR) is 99.1 cm³/mol. The van der Waals surface area contributed by atoms with E-state index in [1.165, 1.54) is 0 Å². The molecule has 2 aromatic carbocycles. The molecule has 1 aliphatic rings. The van der Waals surface area contributed by atoms with Crippen molar-refractivity contribution in [3.05, 3.63) is 42.0 Å². The SMILES string of the molecule is COc1ccc(C2CNCCN2C(=O)OC(C)(C)C)c2ccccc12. The number of benzene rings is 2. The Morgan fingerprint density at radius 2 is 1.88 bits per heavy atom. The van der Waals surface area contributed by atoms with Crippen molar-refractivity contribution < 1.29 is 14.3 Å². The van der Waals surface area contributed by atoms with Gasteiger partial charge in [-0.2, -0.15) is 0 Å². The van der Waals surface area contributed by atoms with Crippen molar-refractivity contribution in [2.24, 2.45) is 0 Å². The molecule has 0 aliphatic carbocycles. The van der Waals surface area contributed by atoms with Crippen LogP contribution in [0.25, 0.3) is 10.8 Å². The predicted octanol–water partition coefficient (Wildman–Crippen LogP) is 3.73. The van der Waals surface area contributed by atoms with E-state index in [2.05, 4.69) is 17.4 Å². The molecule has 134 valence electrons. The number of hydrogen-bond acceptors (Lipinski definition) is 4. The Kier molecular flexibility index (Phi) is 4.86. The second kappa shape index (κ2) is 6.92. The fourth-order valence-electron chi connectivity index (χ4n) is 3.28. The van der Waals surface area contributed by atoms with Gasteiger partial charge in [0.2, 0.25) is 0 Å². The van der Waals surface area contributed by atoms with Gasteiger partial charge in [0.25, 0.3) is 0 Å². The second-order valence-electron chi connectivity index (χ2n) is 7.30. The maximum Gasteiger partial charge on any atom is 0.410 e. The minimum absolute atomic E-state index is 0.0700. The average molecular weight is 342 g/mol. The van der Waals surface area contributed by atoms with Crippen molar-refractivity contribution in [2.45, 2.75) is 32.4 Å². The number of fused-ring (bicyclic) bond motifs is 1. The summed E-state index contributed by atoms with van der Waals surface area (Å²) in [5.41, 5.74) is 0.601. The first-order valence-corrected chi connectivity index (χ1v) is 8.66. The normalized spacial score (nSPS) is 18.2. The number of nitrogens with zero attached hydrogens (tertiary/aromatic N) is 1. The van der Waals surface area contributed by atoms with Crippen LogP contribution in [0.5, 0.6) is 5.75 Å². The zero-order valence-corrected chi connectivity index (χ0v) is 15.3. The Hall–Kier alpha value is -2.27. The Balaban J connectivity index is 2.01. The van der Waals surface area contributed by atoms with Crippen LogP contribution in [0.4, 0.5) is 4.79 Å². The first kappa shape index (κ1) is 17.5. The summed E-state index contributed by atoms with van der Waals surface area (Å²) in [4.78, 5) is 14.5. The maximum atomic E-state index is 12.7. The van der Waals surface area contributed by atoms with E-state index in [0.29, 0.717) is 13.1 Å². The molecule has 1 N–H and O–H groups in total. The lowest BCUT2D eigenvalue weighted by molar-refractivity contribution is 0.0119. The van der Waals surface area contributed by atoms with Gasteiger partial charge in [-0.3, -0.25) is 4.90 Å². The molecule has 1 heterocycles. The van der Waals surface area contributed by atoms with Gasteiger partial charge < -0.3 is 14.8 Å². The molecule has 0 aromatic heterocycles. The first-order valence-electron chi connectivity index (χ1n) is 8.66. The van der Waals surface area contributed by atoms with Crippen LogP contribution in [0, 0.1) is 0 Å². The molecule has 5 heteroatoms. The van der Waals surface area contributed by atoms with E-state index < -0.39 is 5.60 Å². The molecular formula is C20H26N2O3. The standard InChI is InChI=1S/C20H26N2O3/c1-20(2,3)25-19(23)22-12-11-21-13-17(22)15-9-10-18(24-4)16-8-6-5-7-14(15)16/h5-10,17,21H,11-13H2,1-4H3. The minimum atomic E-state index is -0.505. The molecule has 2 aromatic rings. The van der Waals surface area contributed by atoms with Crippen LogP contribution in [0.15, 0.2) is 36.4 Å². The van der Waals surface area contributed by atoms with Crippen LogP contribution < -0.4 is 10.1 Å². The van der Waals surface area contributed by atoms with Gasteiger partial charge in [0.15, 0.2) is 0 Å². The summed E-state index contributed by atoms with van der Waals surface area (Å²) in [5.74, 6) is 0.840. The van der Waals surface area contributed by atoms with Crippen LogP contribution in [0.3, 0.4) is 0 Å². The van der Waals surface area contributed by atoms with Gasteiger partial charge >= 0.3 is 6.09 Å². The van der Waals surface area contributed by atoms with Gasteiger partial charge in [-0.15, -0.1) is 0 Å². The summed E-state index contributed by atoms with van der Waals surface area (Å²) in [6.07, 6.45) is -0.265. The van der Waals surface area contributed by atoms with Crippen LogP contribution in [-0.4, -0.2) is 43.3 Å². The number of carbonyl (C=O) groups excluding carboxylic acids is 1. The number of hydrogen-bond donors (Lipinski definition) is 1. The summed E-state index contributed by atoms with van der Waals surface area (Å²) >= 11 is 0. The number of rotatable bonds is 2. The minimum Gasteiger partial charge on any atom is -0.496 e. The molecule has 0 spiro atoms. The molecule has 3 rings (SSSR count). The zero-order chi connectivity index (χ0) is 18.0. The Labute approximate surface area is 148 Å². The van der Waals surface area contributed by atoms with Gasteiger partial charge in [-0.25, -0.2) is 4.79 Å². The van der Waals surface area contributed by atoms with Crippen molar-refractivity contribution in [2.75, 3.05) is 26.7 Å². The van der Waals surface area contributed by atoms with Crippen LogP contribution in [0.1, 0.15) is 32.4 Å². The molecular weight excluding hydrogens is 316 g/mol. The molecule has 1 atom stereocenters. The summed E-state index contributed by atoms with van der Waals surface area (Å²) in [5, 5.41) is 5.55. The highest BCUT2D eigenvalue weighted by molar-refractivity contribution is 5.91. The third-order valence-corrected chi connectivity index (χ3v) is 4.37. The zero-order valence-electron chi connectivity index (χ0n) is 15.3. The molecule has 25 heavy (non-hydrogen) atoms. The second-order valence-corrected chi connectivity index (χ2v) is 7.30. The van der Waals surface area contributed by atoms with E-state index in [0.717, 1.165) is 28.6 Å². The molecule has 0 saturated carbocycles. The van der Waals surface area contributed by atoms with Gasteiger partial charge in [-0.05, 0) is 37.8 Å². The van der Waals surface area contributed by atoms with E-state index >= 15 is 0 Å². The third kappa shape index (κ3) is 3.71. The van der Waals surface area contributed by atoms with Crippen molar-refractivity contribution in [3.63, 3.8) is 0 Å². The largest absolute Gasteiger partial charge is 0.496 e.